The average molecular weight is 398 g/mol. The predicted octanol–water partition coefficient (Wildman–Crippen LogP) is 1.18. The molecule has 0 bridgehead atoms. The number of nitrogens with zero attached hydrogens (tertiary/aromatic N) is 2. The van der Waals surface area contributed by atoms with Gasteiger partial charge in [0.05, 0.1) is 15.6 Å². The number of hydrogen-bond donors (Lipinski definition) is 1. The first-order valence-electron chi connectivity index (χ1n) is 7.78. The lowest BCUT2D eigenvalue weighted by Crippen LogP contribution is -2.29. The third kappa shape index (κ3) is 2.97. The number of carbonyl (C=O) groups excluding carboxylic acids is 1. The Morgan fingerprint density at radius 2 is 2.15 bits per heavy atom. The fourth-order valence-corrected chi connectivity index (χ4v) is 4.10. The van der Waals surface area contributed by atoms with Crippen molar-refractivity contribution in [3.05, 3.63) is 44.4 Å². The molecule has 0 saturated heterocycles. The van der Waals surface area contributed by atoms with E-state index in [0.717, 1.165) is 10.4 Å². The van der Waals surface area contributed by atoms with Crippen LogP contribution in [0.4, 0.5) is 0 Å². The summed E-state index contributed by atoms with van der Waals surface area (Å²) in [4.78, 5) is 30.3. The van der Waals surface area contributed by atoms with Crippen molar-refractivity contribution in [2.75, 3.05) is 0 Å². The summed E-state index contributed by atoms with van der Waals surface area (Å²) in [7, 11) is -1.09. The van der Waals surface area contributed by atoms with Gasteiger partial charge in [-0.3, -0.25) is 14.3 Å². The van der Waals surface area contributed by atoms with Crippen molar-refractivity contribution in [3.8, 4) is 0 Å². The van der Waals surface area contributed by atoms with Crippen LogP contribution in [0.3, 0.4) is 0 Å². The summed E-state index contributed by atoms with van der Waals surface area (Å²) in [5, 5.41) is 6.58. The highest BCUT2D eigenvalue weighted by Gasteiger charge is 2.37. The number of rotatable bonds is 3. The minimum atomic E-state index is -2.56. The Kier molecular flexibility index (Phi) is 4.76. The van der Waals surface area contributed by atoms with E-state index in [1.807, 2.05) is 0 Å². The van der Waals surface area contributed by atoms with E-state index in [1.165, 1.54) is 19.3 Å². The van der Waals surface area contributed by atoms with Crippen LogP contribution in [0.15, 0.2) is 38.4 Å². The van der Waals surface area contributed by atoms with Crippen molar-refractivity contribution < 1.29 is 18.0 Å². The lowest BCUT2D eigenvalue weighted by atomic mass is 9.83. The number of aryl methyl sites for hydroxylation is 1. The Bertz CT molecular complexity index is 1080. The average Bonchev–Trinajstić information content (AvgIpc) is 3.13. The molecule has 1 aliphatic carbocycles. The molecule has 0 fully saturated rings. The highest BCUT2D eigenvalue weighted by Crippen LogP contribution is 2.37. The van der Waals surface area contributed by atoms with Gasteiger partial charge < -0.3 is 9.94 Å². The third-order valence-electron chi connectivity index (χ3n) is 4.45. The molecule has 26 heavy (non-hydrogen) atoms. The minimum Gasteiger partial charge on any atom is -0.388 e. The smallest absolute Gasteiger partial charge is 0.277 e. The van der Waals surface area contributed by atoms with Gasteiger partial charge in [-0.05, 0) is 13.0 Å². The molecule has 0 saturated carbocycles. The highest BCUT2D eigenvalue weighted by atomic mass is 35.5. The molecule has 1 aromatic rings. The van der Waals surface area contributed by atoms with Gasteiger partial charge >= 0.3 is 0 Å². The first-order chi connectivity index (χ1) is 12.2. The van der Waals surface area contributed by atoms with Crippen LogP contribution in [0, 0.1) is 5.92 Å². The molecule has 0 amide bonds. The van der Waals surface area contributed by atoms with E-state index in [-0.39, 0.29) is 21.0 Å². The van der Waals surface area contributed by atoms with Gasteiger partial charge in [0.15, 0.2) is 6.10 Å². The van der Waals surface area contributed by atoms with Gasteiger partial charge in [-0.2, -0.15) is 8.42 Å². The second kappa shape index (κ2) is 6.73. The number of allylic oxidation sites excluding steroid dienone is 3. The molecule has 1 N–H and O–H groups in total. The number of hydrogen-bond acceptors (Lipinski definition) is 6. The van der Waals surface area contributed by atoms with Crippen LogP contribution in [-0.4, -0.2) is 40.7 Å². The second-order valence-electron chi connectivity index (χ2n) is 6.19. The van der Waals surface area contributed by atoms with E-state index >= 15 is 0 Å². The number of carbonyl (C=O) groups is 1. The fraction of sp³-hybridized carbons (Fsp3) is 0.375. The number of H-pyrrole nitrogens is 1. The third-order valence-corrected chi connectivity index (χ3v) is 5.73. The second-order valence-corrected chi connectivity index (χ2v) is 7.51. The highest BCUT2D eigenvalue weighted by molar-refractivity contribution is 7.73. The lowest BCUT2D eigenvalue weighted by Gasteiger charge is -2.26. The van der Waals surface area contributed by atoms with Crippen LogP contribution in [0.2, 0.25) is 0 Å². The standard InChI is InChI=1S/C16H16ClN3O5S/c1-7-4-11(25-19-7)13-8(2)12(26(23)24)5-9(14(13)17)15(21)10-6-18-20(3)16(10)22/h5-6,8,11,18H,4H2,1-3H3. The summed E-state index contributed by atoms with van der Waals surface area (Å²) < 4.78 is 24.5. The fourth-order valence-electron chi connectivity index (χ4n) is 3.04. The Morgan fingerprint density at radius 3 is 2.65 bits per heavy atom. The molecule has 138 valence electrons. The van der Waals surface area contributed by atoms with Gasteiger partial charge in [0, 0.05) is 36.7 Å². The maximum absolute atomic E-state index is 12.8. The van der Waals surface area contributed by atoms with Crippen molar-refractivity contribution in [1.29, 1.82) is 0 Å². The first-order valence-corrected chi connectivity index (χ1v) is 9.23. The maximum atomic E-state index is 12.8. The van der Waals surface area contributed by atoms with Gasteiger partial charge in [0.25, 0.3) is 5.56 Å². The van der Waals surface area contributed by atoms with Crippen LogP contribution in [-0.2, 0) is 22.2 Å². The van der Waals surface area contributed by atoms with Gasteiger partial charge in [-0.15, -0.1) is 0 Å². The van der Waals surface area contributed by atoms with E-state index in [9.17, 15) is 18.0 Å². The Hall–Kier alpha value is -2.39. The molecule has 1 aliphatic heterocycles. The largest absolute Gasteiger partial charge is 0.388 e. The molecule has 0 spiro atoms. The van der Waals surface area contributed by atoms with E-state index in [2.05, 4.69) is 10.3 Å². The SMILES string of the molecule is CC1=NOC(C2=C(Cl)C(C(=O)c3c[nH]n(C)c3=O)=CC(=S(=O)=O)C2C)C1. The number of aromatic amines is 1. The van der Waals surface area contributed by atoms with Crippen LogP contribution < -0.4 is 5.56 Å². The zero-order chi connectivity index (χ0) is 19.2. The molecule has 2 unspecified atom stereocenters. The zero-order valence-electron chi connectivity index (χ0n) is 14.2. The van der Waals surface area contributed by atoms with Crippen LogP contribution in [0.25, 0.3) is 0 Å². The number of Topliss-reactive ketones (excluding diaryl/α,β-unsaturated/α-hetero) is 1. The molecule has 2 aliphatic rings. The summed E-state index contributed by atoms with van der Waals surface area (Å²) in [6.07, 6.45) is 2.38. The molecule has 1 aromatic heterocycles. The Balaban J connectivity index is 2.16. The molecule has 10 heteroatoms. The van der Waals surface area contributed by atoms with Crippen LogP contribution in [0.5, 0.6) is 0 Å². The number of aromatic nitrogens is 2. The number of nitrogens with one attached hydrogen (secondary N) is 1. The predicted molar refractivity (Wildman–Crippen MR) is 97.0 cm³/mol. The van der Waals surface area contributed by atoms with Crippen LogP contribution in [0.1, 0.15) is 30.6 Å². The topological polar surface area (TPSA) is 111 Å². The maximum Gasteiger partial charge on any atom is 0.277 e. The normalized spacial score (nSPS) is 22.8. The Labute approximate surface area is 155 Å². The van der Waals surface area contributed by atoms with Crippen molar-refractivity contribution in [3.63, 3.8) is 0 Å². The summed E-state index contributed by atoms with van der Waals surface area (Å²) >= 11 is 6.47. The molecule has 0 aromatic carbocycles. The van der Waals surface area contributed by atoms with E-state index < -0.39 is 33.7 Å². The summed E-state index contributed by atoms with van der Waals surface area (Å²) in [5.74, 6) is -1.22. The monoisotopic (exact) mass is 397 g/mol. The van der Waals surface area contributed by atoms with Gasteiger partial charge in [-0.25, -0.2) is 0 Å². The molecular weight excluding hydrogens is 382 g/mol. The summed E-state index contributed by atoms with van der Waals surface area (Å²) in [5.41, 5.74) is 0.502. The number of halogens is 1. The first kappa shape index (κ1) is 18.4. The summed E-state index contributed by atoms with van der Waals surface area (Å²) in [6, 6.07) is 0. The molecule has 8 nitrogen and oxygen atoms in total. The van der Waals surface area contributed by atoms with Gasteiger partial charge in [-0.1, -0.05) is 23.7 Å². The van der Waals surface area contributed by atoms with E-state index in [4.69, 9.17) is 16.4 Å². The van der Waals surface area contributed by atoms with Crippen molar-refractivity contribution >= 4 is 38.3 Å². The van der Waals surface area contributed by atoms with Gasteiger partial charge in [0.2, 0.25) is 16.1 Å². The zero-order valence-corrected chi connectivity index (χ0v) is 15.8. The van der Waals surface area contributed by atoms with Crippen molar-refractivity contribution in [2.45, 2.75) is 26.4 Å². The molecule has 0 radical (unpaired) electrons. The quantitative estimate of drug-likeness (QED) is 0.608. The lowest BCUT2D eigenvalue weighted by molar-refractivity contribution is 0.102. The van der Waals surface area contributed by atoms with Crippen molar-refractivity contribution in [1.82, 2.24) is 9.78 Å². The summed E-state index contributed by atoms with van der Waals surface area (Å²) in [6.45, 7) is 3.46. The Morgan fingerprint density at radius 1 is 1.46 bits per heavy atom. The molecule has 3 rings (SSSR count). The molecular formula is C16H16ClN3O5S. The number of oxime groups is 1. The van der Waals surface area contributed by atoms with E-state index in [0.29, 0.717) is 12.0 Å². The minimum absolute atomic E-state index is 0.00765. The van der Waals surface area contributed by atoms with Crippen LogP contribution >= 0.6 is 11.6 Å². The van der Waals surface area contributed by atoms with Gasteiger partial charge in [0.1, 0.15) is 5.56 Å². The number of ketones is 1. The molecule has 2 heterocycles. The van der Waals surface area contributed by atoms with Crippen molar-refractivity contribution in [2.24, 2.45) is 18.1 Å². The van der Waals surface area contributed by atoms with E-state index in [1.54, 1.807) is 13.8 Å². The molecule has 2 atom stereocenters.